The molecule has 1 amide bonds. The van der Waals surface area contributed by atoms with Crippen LogP contribution >= 0.6 is 0 Å². The van der Waals surface area contributed by atoms with E-state index in [2.05, 4.69) is 17.0 Å². The van der Waals surface area contributed by atoms with Gasteiger partial charge in [-0.2, -0.15) is 0 Å². The molecule has 1 saturated heterocycles. The highest BCUT2D eigenvalue weighted by molar-refractivity contribution is 5.81. The van der Waals surface area contributed by atoms with E-state index in [0.29, 0.717) is 18.8 Å². The number of benzene rings is 2. The fourth-order valence-electron chi connectivity index (χ4n) is 2.85. The van der Waals surface area contributed by atoms with Crippen LogP contribution in [0.1, 0.15) is 6.92 Å². The van der Waals surface area contributed by atoms with Crippen molar-refractivity contribution >= 4 is 11.6 Å². The summed E-state index contributed by atoms with van der Waals surface area (Å²) in [4.78, 5) is 16.6. The number of para-hydroxylation sites is 1. The zero-order valence-corrected chi connectivity index (χ0v) is 13.7. The topological polar surface area (TPSA) is 32.8 Å². The summed E-state index contributed by atoms with van der Waals surface area (Å²) in [6.45, 7) is 4.68. The van der Waals surface area contributed by atoms with Crippen molar-refractivity contribution in [2.24, 2.45) is 0 Å². The molecule has 1 fully saturated rings. The zero-order chi connectivity index (χ0) is 16.9. The first-order valence-corrected chi connectivity index (χ1v) is 8.14. The molecule has 0 N–H and O–H groups in total. The maximum Gasteiger partial charge on any atom is 0.263 e. The highest BCUT2D eigenvalue weighted by atomic mass is 19.1. The van der Waals surface area contributed by atoms with Gasteiger partial charge in [-0.05, 0) is 43.3 Å². The van der Waals surface area contributed by atoms with Crippen molar-refractivity contribution in [1.82, 2.24) is 4.90 Å². The van der Waals surface area contributed by atoms with E-state index < -0.39 is 6.10 Å². The van der Waals surface area contributed by atoms with Gasteiger partial charge in [0.2, 0.25) is 0 Å². The van der Waals surface area contributed by atoms with Crippen LogP contribution in [0, 0.1) is 5.82 Å². The van der Waals surface area contributed by atoms with Crippen molar-refractivity contribution < 1.29 is 13.9 Å². The second-order valence-corrected chi connectivity index (χ2v) is 5.86. The molecule has 0 radical (unpaired) electrons. The van der Waals surface area contributed by atoms with Crippen molar-refractivity contribution in [3.63, 3.8) is 0 Å². The smallest absolute Gasteiger partial charge is 0.263 e. The minimum Gasteiger partial charge on any atom is -0.481 e. The summed E-state index contributed by atoms with van der Waals surface area (Å²) in [5.41, 5.74) is 1.18. The third-order valence-electron chi connectivity index (χ3n) is 4.19. The summed E-state index contributed by atoms with van der Waals surface area (Å²) in [7, 11) is 0. The van der Waals surface area contributed by atoms with Gasteiger partial charge in [0.15, 0.2) is 6.10 Å². The summed E-state index contributed by atoms with van der Waals surface area (Å²) in [5.74, 6) is 0.144. The van der Waals surface area contributed by atoms with Gasteiger partial charge in [-0.1, -0.05) is 18.2 Å². The van der Waals surface area contributed by atoms with Crippen LogP contribution in [0.3, 0.4) is 0 Å². The number of ether oxygens (including phenoxy) is 1. The molecular formula is C19H21FN2O2. The number of hydrogen-bond acceptors (Lipinski definition) is 3. The van der Waals surface area contributed by atoms with Gasteiger partial charge in [-0.3, -0.25) is 4.79 Å². The predicted octanol–water partition coefficient (Wildman–Crippen LogP) is 2.94. The minimum atomic E-state index is -0.585. The molecule has 4 nitrogen and oxygen atoms in total. The Kier molecular flexibility index (Phi) is 4.99. The monoisotopic (exact) mass is 328 g/mol. The lowest BCUT2D eigenvalue weighted by atomic mass is 10.2. The Bertz CT molecular complexity index is 668. The molecule has 3 rings (SSSR count). The van der Waals surface area contributed by atoms with Gasteiger partial charge >= 0.3 is 0 Å². The first-order chi connectivity index (χ1) is 11.6. The van der Waals surface area contributed by atoms with Crippen LogP contribution in [0.2, 0.25) is 0 Å². The molecule has 1 heterocycles. The fraction of sp³-hybridized carbons (Fsp3) is 0.316. The molecule has 0 unspecified atom stereocenters. The lowest BCUT2D eigenvalue weighted by Crippen LogP contribution is -2.52. The number of piperazine rings is 1. The van der Waals surface area contributed by atoms with Gasteiger partial charge in [-0.15, -0.1) is 0 Å². The van der Waals surface area contributed by atoms with Crippen molar-refractivity contribution in [3.8, 4) is 5.75 Å². The molecule has 0 saturated carbocycles. The lowest BCUT2D eigenvalue weighted by molar-refractivity contribution is -0.138. The van der Waals surface area contributed by atoms with Crippen molar-refractivity contribution in [2.45, 2.75) is 13.0 Å². The van der Waals surface area contributed by atoms with Gasteiger partial charge in [0.25, 0.3) is 5.91 Å². The van der Waals surface area contributed by atoms with E-state index in [1.807, 2.05) is 23.1 Å². The molecule has 0 aromatic heterocycles. The van der Waals surface area contributed by atoms with Gasteiger partial charge in [0, 0.05) is 31.9 Å². The van der Waals surface area contributed by atoms with Gasteiger partial charge in [0.05, 0.1) is 0 Å². The maximum absolute atomic E-state index is 12.9. The van der Waals surface area contributed by atoms with Gasteiger partial charge in [0.1, 0.15) is 11.6 Å². The normalized spacial score (nSPS) is 15.9. The third kappa shape index (κ3) is 3.85. The van der Waals surface area contributed by atoms with E-state index in [-0.39, 0.29) is 11.7 Å². The average molecular weight is 328 g/mol. The van der Waals surface area contributed by atoms with Crippen LogP contribution in [0.5, 0.6) is 5.75 Å². The Morgan fingerprint density at radius 3 is 2.25 bits per heavy atom. The Balaban J connectivity index is 1.53. The number of carbonyl (C=O) groups is 1. The van der Waals surface area contributed by atoms with E-state index in [1.165, 1.54) is 30.0 Å². The van der Waals surface area contributed by atoms with E-state index >= 15 is 0 Å². The molecule has 2 aromatic rings. The maximum atomic E-state index is 12.9. The number of carbonyl (C=O) groups excluding carboxylic acids is 1. The fourth-order valence-corrected chi connectivity index (χ4v) is 2.85. The number of nitrogens with zero attached hydrogens (tertiary/aromatic N) is 2. The Morgan fingerprint density at radius 2 is 1.62 bits per heavy atom. The van der Waals surface area contributed by atoms with E-state index in [1.54, 1.807) is 6.92 Å². The molecule has 126 valence electrons. The predicted molar refractivity (Wildman–Crippen MR) is 91.7 cm³/mol. The standard InChI is InChI=1S/C19H21FN2O2/c1-15(24-18-9-7-16(20)8-10-18)19(23)22-13-11-21(12-14-22)17-5-3-2-4-6-17/h2-10,15H,11-14H2,1H3/t15-/m0/s1. The summed E-state index contributed by atoms with van der Waals surface area (Å²) >= 11 is 0. The van der Waals surface area contributed by atoms with Crippen molar-refractivity contribution in [1.29, 1.82) is 0 Å². The largest absolute Gasteiger partial charge is 0.481 e. The molecule has 0 aliphatic carbocycles. The highest BCUT2D eigenvalue weighted by Gasteiger charge is 2.26. The van der Waals surface area contributed by atoms with Crippen LogP contribution in [0.15, 0.2) is 54.6 Å². The molecule has 1 aliphatic heterocycles. The Labute approximate surface area is 141 Å². The number of amides is 1. The number of halogens is 1. The molecule has 24 heavy (non-hydrogen) atoms. The van der Waals surface area contributed by atoms with Crippen molar-refractivity contribution in [3.05, 3.63) is 60.4 Å². The summed E-state index contributed by atoms with van der Waals surface area (Å²) in [5, 5.41) is 0. The Hall–Kier alpha value is -2.56. The summed E-state index contributed by atoms with van der Waals surface area (Å²) < 4.78 is 18.5. The van der Waals surface area contributed by atoms with Crippen molar-refractivity contribution in [2.75, 3.05) is 31.1 Å². The SMILES string of the molecule is C[C@H](Oc1ccc(F)cc1)C(=O)N1CCN(c2ccccc2)CC1. The molecule has 0 bridgehead atoms. The average Bonchev–Trinajstić information content (AvgIpc) is 2.64. The summed E-state index contributed by atoms with van der Waals surface area (Å²) in [6.07, 6.45) is -0.585. The number of hydrogen-bond donors (Lipinski definition) is 0. The van der Waals surface area contributed by atoms with Crippen LogP contribution in [-0.4, -0.2) is 43.1 Å². The molecule has 5 heteroatoms. The number of rotatable bonds is 4. The van der Waals surface area contributed by atoms with E-state index in [0.717, 1.165) is 13.1 Å². The van der Waals surface area contributed by atoms with Crippen LogP contribution in [-0.2, 0) is 4.79 Å². The zero-order valence-electron chi connectivity index (χ0n) is 13.7. The number of anilines is 1. The van der Waals surface area contributed by atoms with Crippen LogP contribution in [0.25, 0.3) is 0 Å². The highest BCUT2D eigenvalue weighted by Crippen LogP contribution is 2.17. The van der Waals surface area contributed by atoms with E-state index in [4.69, 9.17) is 4.74 Å². The Morgan fingerprint density at radius 1 is 1.00 bits per heavy atom. The molecule has 2 aromatic carbocycles. The first kappa shape index (κ1) is 16.3. The second-order valence-electron chi connectivity index (χ2n) is 5.86. The molecular weight excluding hydrogens is 307 g/mol. The van der Waals surface area contributed by atoms with E-state index in [9.17, 15) is 9.18 Å². The quantitative estimate of drug-likeness (QED) is 0.865. The summed E-state index contributed by atoms with van der Waals surface area (Å²) in [6, 6.07) is 15.9. The molecule has 1 atom stereocenters. The minimum absolute atomic E-state index is 0.0352. The van der Waals surface area contributed by atoms with Crippen LogP contribution < -0.4 is 9.64 Å². The van der Waals surface area contributed by atoms with Crippen LogP contribution in [0.4, 0.5) is 10.1 Å². The molecule has 0 spiro atoms. The van der Waals surface area contributed by atoms with Gasteiger partial charge < -0.3 is 14.5 Å². The molecule has 1 aliphatic rings. The second kappa shape index (κ2) is 7.34. The lowest BCUT2D eigenvalue weighted by Gasteiger charge is -2.37. The first-order valence-electron chi connectivity index (χ1n) is 8.14. The van der Waals surface area contributed by atoms with Gasteiger partial charge in [-0.25, -0.2) is 4.39 Å². The third-order valence-corrected chi connectivity index (χ3v) is 4.19.